The number of amides is 3. The molecule has 0 saturated carbocycles. The first-order valence-electron chi connectivity index (χ1n) is 19.5. The van der Waals surface area contributed by atoms with E-state index >= 15 is 0 Å². The molecule has 0 bridgehead atoms. The molecule has 54 heavy (non-hydrogen) atoms. The van der Waals surface area contributed by atoms with Crippen LogP contribution in [0.3, 0.4) is 0 Å². The van der Waals surface area contributed by atoms with E-state index in [1.54, 1.807) is 17.0 Å². The summed E-state index contributed by atoms with van der Waals surface area (Å²) in [6.07, 6.45) is 2.99. The number of hydrogen-bond donors (Lipinski definition) is 2. The predicted octanol–water partition coefficient (Wildman–Crippen LogP) is 5.50. The molecule has 278 valence electrons. The van der Waals surface area contributed by atoms with Gasteiger partial charge in [-0.15, -0.1) is 0 Å². The van der Waals surface area contributed by atoms with Gasteiger partial charge in [0, 0.05) is 99.2 Å². The van der Waals surface area contributed by atoms with Crippen LogP contribution in [0, 0.1) is 5.92 Å². The topological polar surface area (TPSA) is 106 Å². The summed E-state index contributed by atoms with van der Waals surface area (Å²) in [5, 5.41) is 12.5. The van der Waals surface area contributed by atoms with Gasteiger partial charge in [-0.3, -0.25) is 24.6 Å². The van der Waals surface area contributed by atoms with E-state index in [1.807, 2.05) is 18.2 Å². The number of piperidine rings is 2. The summed E-state index contributed by atoms with van der Waals surface area (Å²) in [5.74, 6) is 1.22. The fraction of sp³-hybridized carbons (Fsp3) is 0.386. The van der Waals surface area contributed by atoms with E-state index in [9.17, 15) is 19.5 Å². The zero-order valence-corrected chi connectivity index (χ0v) is 30.5. The quantitative estimate of drug-likeness (QED) is 0.241. The minimum absolute atomic E-state index is 0.125. The second kappa shape index (κ2) is 14.5. The number of hydrogen-bond acceptors (Lipinski definition) is 8. The molecule has 9 rings (SSSR count). The number of nitrogens with one attached hydrogen (secondary N) is 1. The standard InChI is InChI=1S/C44H47N5O5/c50-35-11-13-37-40(25-35)54-28-38(30-4-2-1-3-5-30)42(37)31-6-8-33(9-7-31)47-18-16-29(17-19-47)26-46-20-22-48(23-21-46)34-10-12-36-32(24-34)27-49(44(36)53)39-14-15-41(51)45-43(39)52/h1-13,24-25,29,38-39,42,50H,14-23,26-28H2,(H,45,51,52)/t38?,39-,42?/m0/s1. The monoisotopic (exact) mass is 725 g/mol. The molecule has 10 nitrogen and oxygen atoms in total. The van der Waals surface area contributed by atoms with Crippen LogP contribution >= 0.6 is 0 Å². The zero-order chi connectivity index (χ0) is 36.8. The van der Waals surface area contributed by atoms with Gasteiger partial charge in [-0.2, -0.15) is 0 Å². The normalized spacial score (nSPS) is 23.5. The smallest absolute Gasteiger partial charge is 0.255 e. The van der Waals surface area contributed by atoms with E-state index in [1.165, 1.54) is 29.7 Å². The minimum Gasteiger partial charge on any atom is -0.508 e. The summed E-state index contributed by atoms with van der Waals surface area (Å²) in [6, 6.07) is 30.7. The number of fused-ring (bicyclic) bond motifs is 2. The highest BCUT2D eigenvalue weighted by Crippen LogP contribution is 2.47. The SMILES string of the molecule is O=C1CC[C@H](N2Cc3cc(N4CCN(CC5CCN(c6ccc(C7c8ccc(O)cc8OCC7c7ccccc7)cc6)CC5)CC4)ccc3C2=O)C(=O)N1. The number of rotatable bonds is 7. The average molecular weight is 726 g/mol. The maximum Gasteiger partial charge on any atom is 0.255 e. The van der Waals surface area contributed by atoms with Crippen LogP contribution in [-0.4, -0.2) is 91.1 Å². The van der Waals surface area contributed by atoms with E-state index in [-0.39, 0.29) is 41.7 Å². The van der Waals surface area contributed by atoms with Crippen LogP contribution in [0.5, 0.6) is 11.5 Å². The number of phenolic OH excluding ortho intramolecular Hbond substituents is 1. The van der Waals surface area contributed by atoms with Crippen molar-refractivity contribution in [3.63, 3.8) is 0 Å². The highest BCUT2D eigenvalue weighted by atomic mass is 16.5. The van der Waals surface area contributed by atoms with Gasteiger partial charge in [-0.05, 0) is 78.3 Å². The molecule has 3 amide bonds. The molecule has 0 spiro atoms. The molecule has 2 unspecified atom stereocenters. The zero-order valence-electron chi connectivity index (χ0n) is 30.5. The van der Waals surface area contributed by atoms with Crippen molar-refractivity contribution in [3.8, 4) is 11.5 Å². The maximum atomic E-state index is 13.1. The molecule has 5 heterocycles. The Kier molecular flexibility index (Phi) is 9.22. The van der Waals surface area contributed by atoms with Crippen LogP contribution in [0.2, 0.25) is 0 Å². The van der Waals surface area contributed by atoms with E-state index in [0.29, 0.717) is 31.1 Å². The van der Waals surface area contributed by atoms with Crippen molar-refractivity contribution in [1.82, 2.24) is 15.1 Å². The van der Waals surface area contributed by atoms with Crippen LogP contribution in [0.25, 0.3) is 0 Å². The molecule has 0 aliphatic carbocycles. The first kappa shape index (κ1) is 34.4. The largest absolute Gasteiger partial charge is 0.508 e. The summed E-state index contributed by atoms with van der Waals surface area (Å²) < 4.78 is 6.17. The third-order valence-electron chi connectivity index (χ3n) is 12.4. The van der Waals surface area contributed by atoms with Crippen molar-refractivity contribution in [3.05, 3.63) is 119 Å². The molecule has 5 aliphatic rings. The summed E-state index contributed by atoms with van der Waals surface area (Å²) in [4.78, 5) is 46.4. The number of anilines is 2. The van der Waals surface area contributed by atoms with Crippen molar-refractivity contribution in [2.75, 3.05) is 62.2 Å². The molecule has 5 aliphatic heterocycles. The molecule has 2 N–H and O–H groups in total. The minimum atomic E-state index is -0.589. The Morgan fingerprint density at radius 3 is 2.24 bits per heavy atom. The van der Waals surface area contributed by atoms with Crippen LogP contribution < -0.4 is 19.9 Å². The average Bonchev–Trinajstić information content (AvgIpc) is 3.53. The number of piperazine rings is 1. The molecule has 3 saturated heterocycles. The number of phenols is 1. The fourth-order valence-corrected chi connectivity index (χ4v) is 9.38. The molecule has 3 atom stereocenters. The lowest BCUT2D eigenvalue weighted by Crippen LogP contribution is -2.52. The molecular formula is C44H47N5O5. The lowest BCUT2D eigenvalue weighted by atomic mass is 9.76. The molecule has 3 fully saturated rings. The third kappa shape index (κ3) is 6.68. The second-order valence-electron chi connectivity index (χ2n) is 15.6. The van der Waals surface area contributed by atoms with Crippen LogP contribution in [0.1, 0.15) is 70.1 Å². The third-order valence-corrected chi connectivity index (χ3v) is 12.4. The first-order chi connectivity index (χ1) is 26.4. The lowest BCUT2D eigenvalue weighted by Gasteiger charge is -2.40. The van der Waals surface area contributed by atoms with Crippen molar-refractivity contribution < 1.29 is 24.2 Å². The van der Waals surface area contributed by atoms with E-state index in [2.05, 4.69) is 80.7 Å². The van der Waals surface area contributed by atoms with Gasteiger partial charge < -0.3 is 24.5 Å². The highest BCUT2D eigenvalue weighted by Gasteiger charge is 2.39. The molecule has 4 aromatic carbocycles. The van der Waals surface area contributed by atoms with Gasteiger partial charge >= 0.3 is 0 Å². The highest BCUT2D eigenvalue weighted by molar-refractivity contribution is 6.05. The maximum absolute atomic E-state index is 13.1. The summed E-state index contributed by atoms with van der Waals surface area (Å²) >= 11 is 0. The predicted molar refractivity (Wildman–Crippen MR) is 207 cm³/mol. The Hall–Kier alpha value is -5.35. The lowest BCUT2D eigenvalue weighted by molar-refractivity contribution is -0.136. The molecular weight excluding hydrogens is 679 g/mol. The number of benzene rings is 4. The second-order valence-corrected chi connectivity index (χ2v) is 15.6. The molecule has 0 radical (unpaired) electrons. The van der Waals surface area contributed by atoms with Crippen LogP contribution in [0.4, 0.5) is 11.4 Å². The number of nitrogens with zero attached hydrogens (tertiary/aromatic N) is 4. The van der Waals surface area contributed by atoms with Gasteiger partial charge in [-0.1, -0.05) is 48.5 Å². The van der Waals surface area contributed by atoms with Crippen molar-refractivity contribution >= 4 is 29.1 Å². The van der Waals surface area contributed by atoms with E-state index in [4.69, 9.17) is 4.74 Å². The van der Waals surface area contributed by atoms with Gasteiger partial charge in [0.1, 0.15) is 17.5 Å². The Bertz CT molecular complexity index is 2040. The van der Waals surface area contributed by atoms with Crippen molar-refractivity contribution in [2.45, 2.75) is 50.1 Å². The number of aromatic hydroxyl groups is 1. The Balaban J connectivity index is 0.780. The van der Waals surface area contributed by atoms with Crippen LogP contribution in [0.15, 0.2) is 91.0 Å². The Labute approximate surface area is 316 Å². The number of imide groups is 1. The number of carbonyl (C=O) groups excluding carboxylic acids is 3. The van der Waals surface area contributed by atoms with Gasteiger partial charge in [0.2, 0.25) is 11.8 Å². The summed E-state index contributed by atoms with van der Waals surface area (Å²) in [6.45, 7) is 8.12. The van der Waals surface area contributed by atoms with E-state index < -0.39 is 6.04 Å². The van der Waals surface area contributed by atoms with Gasteiger partial charge in [-0.25, -0.2) is 0 Å². The van der Waals surface area contributed by atoms with Crippen LogP contribution in [-0.2, 0) is 16.1 Å². The van der Waals surface area contributed by atoms with Crippen molar-refractivity contribution in [2.24, 2.45) is 5.92 Å². The number of ether oxygens (including phenoxy) is 1. The van der Waals surface area contributed by atoms with E-state index in [0.717, 1.165) is 68.4 Å². The van der Waals surface area contributed by atoms with Gasteiger partial charge in [0.25, 0.3) is 5.91 Å². The fourth-order valence-electron chi connectivity index (χ4n) is 9.38. The summed E-state index contributed by atoms with van der Waals surface area (Å²) in [7, 11) is 0. The molecule has 4 aromatic rings. The van der Waals surface area contributed by atoms with Crippen molar-refractivity contribution in [1.29, 1.82) is 0 Å². The Morgan fingerprint density at radius 1 is 0.741 bits per heavy atom. The molecule has 0 aromatic heterocycles. The summed E-state index contributed by atoms with van der Waals surface area (Å²) in [5.41, 5.74) is 7.65. The Morgan fingerprint density at radius 2 is 1.48 bits per heavy atom. The molecule has 10 heteroatoms. The first-order valence-corrected chi connectivity index (χ1v) is 19.5. The van der Waals surface area contributed by atoms with Gasteiger partial charge in [0.05, 0.1) is 6.61 Å². The van der Waals surface area contributed by atoms with Gasteiger partial charge in [0.15, 0.2) is 0 Å². The number of carbonyl (C=O) groups is 3.